The molecule has 2 N–H and O–H groups in total. The summed E-state index contributed by atoms with van der Waals surface area (Å²) in [5.74, 6) is 1.29. The second-order valence-corrected chi connectivity index (χ2v) is 6.24. The number of aromatic amines is 1. The third kappa shape index (κ3) is 3.39. The predicted octanol–water partition coefficient (Wildman–Crippen LogP) is 4.11. The van der Waals surface area contributed by atoms with Gasteiger partial charge in [0.15, 0.2) is 11.5 Å². The molecule has 136 valence electrons. The molecule has 4 aromatic rings. The Labute approximate surface area is 156 Å². The van der Waals surface area contributed by atoms with Crippen LogP contribution in [-0.2, 0) is 0 Å². The van der Waals surface area contributed by atoms with Gasteiger partial charge in [-0.2, -0.15) is 0 Å². The number of nitrogens with zero attached hydrogens (tertiary/aromatic N) is 3. The smallest absolute Gasteiger partial charge is 0.322 e. The number of carbonyl (C=O) groups excluding carboxylic acids is 1. The number of imidazole rings is 1. The van der Waals surface area contributed by atoms with E-state index in [1.807, 2.05) is 30.3 Å². The van der Waals surface area contributed by atoms with Gasteiger partial charge in [-0.3, -0.25) is 0 Å². The molecule has 2 heterocycles. The summed E-state index contributed by atoms with van der Waals surface area (Å²) in [6.07, 6.45) is 3.43. The number of aryl methyl sites for hydroxylation is 1. The fourth-order valence-electron chi connectivity index (χ4n) is 3.08. The van der Waals surface area contributed by atoms with Crippen LogP contribution in [0.1, 0.15) is 23.3 Å². The maximum absolute atomic E-state index is 12.9. The lowest BCUT2D eigenvalue weighted by molar-refractivity contribution is 0.210. The minimum absolute atomic E-state index is 0.250. The SMILES string of the molecule is Cc1nc2cc(NC(=O)N(C)C(c3ccccc3)c3ncc[nH]3)ccc2o1. The fourth-order valence-corrected chi connectivity index (χ4v) is 3.08. The van der Waals surface area contributed by atoms with Gasteiger partial charge >= 0.3 is 6.03 Å². The molecule has 0 fully saturated rings. The van der Waals surface area contributed by atoms with Crippen LogP contribution in [-0.4, -0.2) is 32.9 Å². The van der Waals surface area contributed by atoms with Crippen molar-refractivity contribution in [2.24, 2.45) is 0 Å². The van der Waals surface area contributed by atoms with E-state index in [9.17, 15) is 4.79 Å². The van der Waals surface area contributed by atoms with Crippen LogP contribution in [0, 0.1) is 6.92 Å². The van der Waals surface area contributed by atoms with E-state index in [0.29, 0.717) is 28.5 Å². The molecule has 0 saturated carbocycles. The molecule has 27 heavy (non-hydrogen) atoms. The van der Waals surface area contributed by atoms with Crippen LogP contribution in [0.2, 0.25) is 0 Å². The molecule has 0 aliphatic carbocycles. The molecule has 1 unspecified atom stereocenters. The van der Waals surface area contributed by atoms with E-state index >= 15 is 0 Å². The van der Waals surface area contributed by atoms with Gasteiger partial charge < -0.3 is 19.6 Å². The van der Waals surface area contributed by atoms with Gasteiger partial charge in [0.05, 0.1) is 0 Å². The second kappa shape index (κ2) is 6.95. The van der Waals surface area contributed by atoms with Crippen molar-refractivity contribution >= 4 is 22.8 Å². The summed E-state index contributed by atoms with van der Waals surface area (Å²) in [5, 5.41) is 2.92. The molecule has 2 amide bonds. The number of amides is 2. The van der Waals surface area contributed by atoms with Crippen LogP contribution in [0.3, 0.4) is 0 Å². The first kappa shape index (κ1) is 16.8. The quantitative estimate of drug-likeness (QED) is 0.572. The van der Waals surface area contributed by atoms with Crippen molar-refractivity contribution in [3.8, 4) is 0 Å². The lowest BCUT2D eigenvalue weighted by Gasteiger charge is -2.27. The first-order valence-corrected chi connectivity index (χ1v) is 8.57. The van der Waals surface area contributed by atoms with Crippen molar-refractivity contribution in [3.05, 3.63) is 78.2 Å². The first-order chi connectivity index (χ1) is 13.1. The molecule has 0 aliphatic rings. The normalized spacial score (nSPS) is 12.1. The number of aromatic nitrogens is 3. The zero-order valence-electron chi connectivity index (χ0n) is 15.0. The topological polar surface area (TPSA) is 87.0 Å². The predicted molar refractivity (Wildman–Crippen MR) is 102 cm³/mol. The van der Waals surface area contributed by atoms with Crippen molar-refractivity contribution in [1.82, 2.24) is 19.9 Å². The molecule has 2 aromatic heterocycles. The van der Waals surface area contributed by atoms with Gasteiger partial charge in [-0.15, -0.1) is 0 Å². The largest absolute Gasteiger partial charge is 0.441 e. The number of fused-ring (bicyclic) bond motifs is 1. The van der Waals surface area contributed by atoms with Crippen LogP contribution in [0.15, 0.2) is 65.3 Å². The van der Waals surface area contributed by atoms with Crippen molar-refractivity contribution < 1.29 is 9.21 Å². The Morgan fingerprint density at radius 3 is 2.78 bits per heavy atom. The summed E-state index contributed by atoms with van der Waals surface area (Å²) < 4.78 is 5.47. The maximum Gasteiger partial charge on any atom is 0.322 e. The van der Waals surface area contributed by atoms with Gasteiger partial charge in [0, 0.05) is 32.1 Å². The van der Waals surface area contributed by atoms with Crippen molar-refractivity contribution in [2.45, 2.75) is 13.0 Å². The average molecular weight is 361 g/mol. The minimum Gasteiger partial charge on any atom is -0.441 e. The Kier molecular flexibility index (Phi) is 4.33. The first-order valence-electron chi connectivity index (χ1n) is 8.57. The van der Waals surface area contributed by atoms with E-state index in [-0.39, 0.29) is 12.1 Å². The standard InChI is InChI=1S/C20H19N5O2/c1-13-23-16-12-15(8-9-17(16)27-13)24-20(26)25(2)18(19-21-10-11-22-19)14-6-4-3-5-7-14/h3-12,18H,1-2H3,(H,21,22)(H,24,26). The van der Waals surface area contributed by atoms with E-state index in [1.54, 1.807) is 49.5 Å². The number of nitrogens with one attached hydrogen (secondary N) is 2. The summed E-state index contributed by atoms with van der Waals surface area (Å²) >= 11 is 0. The Bertz CT molecular complexity index is 1060. The van der Waals surface area contributed by atoms with E-state index in [0.717, 1.165) is 5.56 Å². The molecule has 0 aliphatic heterocycles. The molecule has 1 atom stereocenters. The molecule has 0 saturated heterocycles. The minimum atomic E-state index is -0.334. The lowest BCUT2D eigenvalue weighted by Crippen LogP contribution is -2.36. The highest BCUT2D eigenvalue weighted by Crippen LogP contribution is 2.26. The summed E-state index contributed by atoms with van der Waals surface area (Å²) in [6.45, 7) is 1.79. The Balaban J connectivity index is 1.60. The zero-order chi connectivity index (χ0) is 18.8. The number of carbonyl (C=O) groups is 1. The van der Waals surface area contributed by atoms with E-state index in [1.165, 1.54) is 0 Å². The van der Waals surface area contributed by atoms with Crippen molar-refractivity contribution in [2.75, 3.05) is 12.4 Å². The average Bonchev–Trinajstić information content (AvgIpc) is 3.31. The van der Waals surface area contributed by atoms with E-state index in [4.69, 9.17) is 4.42 Å². The summed E-state index contributed by atoms with van der Waals surface area (Å²) in [6, 6.07) is 14.6. The molecule has 2 aromatic carbocycles. The molecule has 0 radical (unpaired) electrons. The molecule has 7 heteroatoms. The number of benzene rings is 2. The van der Waals surface area contributed by atoms with Crippen molar-refractivity contribution in [3.63, 3.8) is 0 Å². The van der Waals surface area contributed by atoms with Gasteiger partial charge in [0.2, 0.25) is 0 Å². The zero-order valence-corrected chi connectivity index (χ0v) is 15.0. The van der Waals surface area contributed by atoms with Crippen LogP contribution in [0.4, 0.5) is 10.5 Å². The molecular formula is C20H19N5O2. The number of rotatable bonds is 4. The number of hydrogen-bond donors (Lipinski definition) is 2. The fraction of sp³-hybridized carbons (Fsp3) is 0.150. The number of H-pyrrole nitrogens is 1. The van der Waals surface area contributed by atoms with Crippen LogP contribution in [0.5, 0.6) is 0 Å². The van der Waals surface area contributed by atoms with Gasteiger partial charge in [-0.25, -0.2) is 14.8 Å². The van der Waals surface area contributed by atoms with Crippen LogP contribution >= 0.6 is 0 Å². The third-order valence-corrected chi connectivity index (χ3v) is 4.35. The van der Waals surface area contributed by atoms with Crippen LogP contribution < -0.4 is 5.32 Å². The monoisotopic (exact) mass is 361 g/mol. The summed E-state index contributed by atoms with van der Waals surface area (Å²) in [5.41, 5.74) is 3.02. The van der Waals surface area contributed by atoms with Gasteiger partial charge in [0.25, 0.3) is 0 Å². The third-order valence-electron chi connectivity index (χ3n) is 4.35. The number of anilines is 1. The van der Waals surface area contributed by atoms with E-state index < -0.39 is 0 Å². The Morgan fingerprint density at radius 1 is 1.22 bits per heavy atom. The second-order valence-electron chi connectivity index (χ2n) is 6.24. The Morgan fingerprint density at radius 2 is 2.04 bits per heavy atom. The molecule has 4 rings (SSSR count). The molecule has 0 spiro atoms. The van der Waals surface area contributed by atoms with Gasteiger partial charge in [-0.05, 0) is 23.8 Å². The highest BCUT2D eigenvalue weighted by molar-refractivity contribution is 5.92. The lowest BCUT2D eigenvalue weighted by atomic mass is 10.1. The number of hydrogen-bond acceptors (Lipinski definition) is 4. The van der Waals surface area contributed by atoms with Gasteiger partial charge in [-0.1, -0.05) is 30.3 Å². The highest BCUT2D eigenvalue weighted by Gasteiger charge is 2.25. The maximum atomic E-state index is 12.9. The highest BCUT2D eigenvalue weighted by atomic mass is 16.3. The Hall–Kier alpha value is -3.61. The number of oxazole rings is 1. The summed E-state index contributed by atoms with van der Waals surface area (Å²) in [7, 11) is 1.74. The van der Waals surface area contributed by atoms with E-state index in [2.05, 4.69) is 20.3 Å². The summed E-state index contributed by atoms with van der Waals surface area (Å²) in [4.78, 5) is 26.3. The molecule has 0 bridgehead atoms. The molecular weight excluding hydrogens is 342 g/mol. The number of urea groups is 1. The van der Waals surface area contributed by atoms with Crippen molar-refractivity contribution in [1.29, 1.82) is 0 Å². The molecule has 7 nitrogen and oxygen atoms in total. The van der Waals surface area contributed by atoms with Gasteiger partial charge in [0.1, 0.15) is 17.4 Å². The van der Waals surface area contributed by atoms with Crippen LogP contribution in [0.25, 0.3) is 11.1 Å².